The topological polar surface area (TPSA) is 20.2 Å². The minimum atomic E-state index is -0.416. The molecule has 0 spiro atoms. The number of aliphatic hydroxyl groups is 1. The maximum absolute atomic E-state index is 12.8. The van der Waals surface area contributed by atoms with Gasteiger partial charge >= 0.3 is 0 Å². The Balaban J connectivity index is 2.82. The molecule has 0 saturated heterocycles. The highest BCUT2D eigenvalue weighted by atomic mass is 79.9. The van der Waals surface area contributed by atoms with Gasteiger partial charge in [-0.2, -0.15) is 0 Å². The molecule has 0 radical (unpaired) electrons. The van der Waals surface area contributed by atoms with E-state index in [2.05, 4.69) is 15.9 Å². The summed E-state index contributed by atoms with van der Waals surface area (Å²) < 4.78 is 12.8. The molecule has 72 valence electrons. The molecule has 1 aromatic rings. The van der Waals surface area contributed by atoms with Gasteiger partial charge in [0.1, 0.15) is 5.82 Å². The summed E-state index contributed by atoms with van der Waals surface area (Å²) in [5.41, 5.74) is 0.664. The Hall–Kier alpha value is -0.120. The van der Waals surface area contributed by atoms with Gasteiger partial charge in [0.05, 0.1) is 16.8 Å². The fourth-order valence-corrected chi connectivity index (χ4v) is 1.50. The minimum Gasteiger partial charge on any atom is -0.395 e. The Morgan fingerprint density at radius 3 is 2.77 bits per heavy atom. The molecule has 0 aliphatic heterocycles. The van der Waals surface area contributed by atoms with Crippen molar-refractivity contribution in [3.63, 3.8) is 0 Å². The predicted molar refractivity (Wildman–Crippen MR) is 54.8 cm³/mol. The first kappa shape index (κ1) is 11.0. The van der Waals surface area contributed by atoms with E-state index in [0.29, 0.717) is 5.56 Å². The van der Waals surface area contributed by atoms with Gasteiger partial charge in [-0.25, -0.2) is 4.39 Å². The minimum absolute atomic E-state index is 0.0787. The van der Waals surface area contributed by atoms with Crippen LogP contribution in [0, 0.1) is 5.82 Å². The van der Waals surface area contributed by atoms with Crippen LogP contribution in [-0.4, -0.2) is 16.5 Å². The van der Waals surface area contributed by atoms with Crippen molar-refractivity contribution in [3.8, 4) is 0 Å². The van der Waals surface area contributed by atoms with E-state index in [0.717, 1.165) is 0 Å². The molecule has 0 bridgehead atoms. The third-order valence-electron chi connectivity index (χ3n) is 1.66. The number of halogens is 3. The second-order valence-corrected chi connectivity index (χ2v) is 4.30. The van der Waals surface area contributed by atoms with Gasteiger partial charge in [-0.1, -0.05) is 28.1 Å². The molecule has 1 nitrogen and oxygen atoms in total. The molecule has 1 rings (SSSR count). The van der Waals surface area contributed by atoms with Crippen molar-refractivity contribution in [3.05, 3.63) is 35.6 Å². The van der Waals surface area contributed by atoms with Gasteiger partial charge in [-0.15, -0.1) is 11.6 Å². The SMILES string of the molecule is OCC(Br)C(Cl)c1cccc(F)c1. The number of rotatable bonds is 3. The lowest BCUT2D eigenvalue weighted by Crippen LogP contribution is -2.11. The highest BCUT2D eigenvalue weighted by molar-refractivity contribution is 9.09. The van der Waals surface area contributed by atoms with Crippen LogP contribution in [0.1, 0.15) is 10.9 Å². The molecule has 0 aliphatic carbocycles. The number of aliphatic hydroxyl groups excluding tert-OH is 1. The lowest BCUT2D eigenvalue weighted by molar-refractivity contribution is 0.294. The standard InChI is InChI=1S/C9H9BrClFO/c10-8(5-13)9(11)6-2-1-3-7(12)4-6/h1-4,8-9,13H,5H2. The lowest BCUT2D eigenvalue weighted by atomic mass is 10.1. The van der Waals surface area contributed by atoms with E-state index in [9.17, 15) is 4.39 Å². The van der Waals surface area contributed by atoms with Gasteiger partial charge in [0.2, 0.25) is 0 Å². The fraction of sp³-hybridized carbons (Fsp3) is 0.333. The van der Waals surface area contributed by atoms with E-state index >= 15 is 0 Å². The first-order chi connectivity index (χ1) is 6.15. The average molecular weight is 268 g/mol. The van der Waals surface area contributed by atoms with Crippen LogP contribution in [0.2, 0.25) is 0 Å². The van der Waals surface area contributed by atoms with Crippen molar-refractivity contribution in [1.29, 1.82) is 0 Å². The molecule has 4 heteroatoms. The molecule has 0 amide bonds. The van der Waals surface area contributed by atoms with Crippen molar-refractivity contribution in [2.75, 3.05) is 6.61 Å². The summed E-state index contributed by atoms with van der Waals surface area (Å²) in [6.45, 7) is -0.0787. The van der Waals surface area contributed by atoms with Gasteiger partial charge in [0.25, 0.3) is 0 Å². The number of alkyl halides is 2. The van der Waals surface area contributed by atoms with Gasteiger partial charge in [0.15, 0.2) is 0 Å². The van der Waals surface area contributed by atoms with Crippen molar-refractivity contribution < 1.29 is 9.50 Å². The first-order valence-electron chi connectivity index (χ1n) is 3.79. The molecular formula is C9H9BrClFO. The monoisotopic (exact) mass is 266 g/mol. The van der Waals surface area contributed by atoms with E-state index in [1.807, 2.05) is 0 Å². The Bertz CT molecular complexity index is 282. The highest BCUT2D eigenvalue weighted by Gasteiger charge is 2.17. The van der Waals surface area contributed by atoms with Crippen LogP contribution in [0.25, 0.3) is 0 Å². The largest absolute Gasteiger partial charge is 0.395 e. The molecule has 13 heavy (non-hydrogen) atoms. The summed E-state index contributed by atoms with van der Waals surface area (Å²) in [4.78, 5) is -0.254. The van der Waals surface area contributed by atoms with Crippen molar-refractivity contribution in [2.45, 2.75) is 10.2 Å². The fourth-order valence-electron chi connectivity index (χ4n) is 0.979. The maximum Gasteiger partial charge on any atom is 0.123 e. The van der Waals surface area contributed by atoms with Crippen LogP contribution in [-0.2, 0) is 0 Å². The third kappa shape index (κ3) is 2.93. The average Bonchev–Trinajstić information content (AvgIpc) is 2.15. The summed E-state index contributed by atoms with van der Waals surface area (Å²) in [7, 11) is 0. The molecule has 2 unspecified atom stereocenters. The Kier molecular flexibility index (Phi) is 4.16. The van der Waals surface area contributed by atoms with E-state index in [1.165, 1.54) is 12.1 Å². The third-order valence-corrected chi connectivity index (χ3v) is 3.34. The van der Waals surface area contributed by atoms with E-state index in [-0.39, 0.29) is 17.3 Å². The molecule has 0 aromatic heterocycles. The van der Waals surface area contributed by atoms with E-state index in [4.69, 9.17) is 16.7 Å². The van der Waals surface area contributed by atoms with Gasteiger partial charge < -0.3 is 5.11 Å². The molecule has 1 aromatic carbocycles. The molecular weight excluding hydrogens is 258 g/mol. The van der Waals surface area contributed by atoms with Gasteiger partial charge in [0, 0.05) is 0 Å². The number of hydrogen-bond donors (Lipinski definition) is 1. The lowest BCUT2D eigenvalue weighted by Gasteiger charge is -2.13. The summed E-state index contributed by atoms with van der Waals surface area (Å²) in [5.74, 6) is -0.319. The zero-order valence-electron chi connectivity index (χ0n) is 6.75. The molecule has 2 atom stereocenters. The van der Waals surface area contributed by atoms with Crippen LogP contribution in [0.5, 0.6) is 0 Å². The van der Waals surface area contributed by atoms with Crippen LogP contribution in [0.3, 0.4) is 0 Å². The Morgan fingerprint density at radius 1 is 1.54 bits per heavy atom. The van der Waals surface area contributed by atoms with Crippen molar-refractivity contribution in [1.82, 2.24) is 0 Å². The second kappa shape index (κ2) is 4.94. The Labute approximate surface area is 89.7 Å². The van der Waals surface area contributed by atoms with Crippen LogP contribution >= 0.6 is 27.5 Å². The van der Waals surface area contributed by atoms with Gasteiger partial charge in [-0.05, 0) is 17.7 Å². The van der Waals surface area contributed by atoms with Crippen LogP contribution in [0.4, 0.5) is 4.39 Å². The number of benzene rings is 1. The number of hydrogen-bond acceptors (Lipinski definition) is 1. The van der Waals surface area contributed by atoms with Crippen LogP contribution < -0.4 is 0 Å². The second-order valence-electron chi connectivity index (χ2n) is 2.66. The normalized spacial score (nSPS) is 15.4. The van der Waals surface area contributed by atoms with Crippen molar-refractivity contribution in [2.24, 2.45) is 0 Å². The first-order valence-corrected chi connectivity index (χ1v) is 5.15. The highest BCUT2D eigenvalue weighted by Crippen LogP contribution is 2.28. The molecule has 0 fully saturated rings. The summed E-state index contributed by atoms with van der Waals surface area (Å²) in [6.07, 6.45) is 0. The molecule has 1 N–H and O–H groups in total. The molecule has 0 saturated carbocycles. The zero-order chi connectivity index (χ0) is 9.84. The summed E-state index contributed by atoms with van der Waals surface area (Å²) in [5, 5.41) is 8.39. The maximum atomic E-state index is 12.8. The molecule has 0 aliphatic rings. The smallest absolute Gasteiger partial charge is 0.123 e. The molecule has 0 heterocycles. The van der Waals surface area contributed by atoms with E-state index < -0.39 is 5.38 Å². The van der Waals surface area contributed by atoms with Crippen LogP contribution in [0.15, 0.2) is 24.3 Å². The van der Waals surface area contributed by atoms with Gasteiger partial charge in [-0.3, -0.25) is 0 Å². The van der Waals surface area contributed by atoms with Crippen molar-refractivity contribution >= 4 is 27.5 Å². The zero-order valence-corrected chi connectivity index (χ0v) is 9.09. The summed E-state index contributed by atoms with van der Waals surface area (Å²) >= 11 is 9.15. The predicted octanol–water partition coefficient (Wildman–Crippen LogP) is 2.86. The quantitative estimate of drug-likeness (QED) is 0.835. The summed E-state index contributed by atoms with van der Waals surface area (Å²) in [6, 6.07) is 6.04. The Morgan fingerprint density at radius 2 is 2.23 bits per heavy atom. The van der Waals surface area contributed by atoms with E-state index in [1.54, 1.807) is 12.1 Å².